The van der Waals surface area contributed by atoms with E-state index < -0.39 is 16.8 Å². The number of rotatable bonds is 5. The van der Waals surface area contributed by atoms with Gasteiger partial charge in [-0.3, -0.25) is 0 Å². The van der Waals surface area contributed by atoms with E-state index in [1.807, 2.05) is 34.6 Å². The van der Waals surface area contributed by atoms with Gasteiger partial charge in [0.05, 0.1) is 11.2 Å². The number of hydrogen-bond acceptors (Lipinski definition) is 4. The lowest BCUT2D eigenvalue weighted by Crippen LogP contribution is -2.48. The van der Waals surface area contributed by atoms with E-state index in [1.165, 1.54) is 5.47 Å². The Morgan fingerprint density at radius 1 is 1.26 bits per heavy atom. The molecule has 0 aromatic carbocycles. The minimum absolute atomic E-state index is 0.107. The molecule has 0 saturated heterocycles. The van der Waals surface area contributed by atoms with Crippen molar-refractivity contribution in [2.75, 3.05) is 0 Å². The molecule has 0 aliphatic heterocycles. The van der Waals surface area contributed by atoms with Crippen LogP contribution in [-0.2, 0) is 9.39 Å². The van der Waals surface area contributed by atoms with Gasteiger partial charge in [-0.05, 0) is 67.7 Å². The Morgan fingerprint density at radius 3 is 2.30 bits per heavy atom. The molecule has 1 atom stereocenters. The van der Waals surface area contributed by atoms with E-state index in [0.717, 1.165) is 19.3 Å². The largest absolute Gasteiger partial charge is 0.444 e. The van der Waals surface area contributed by atoms with Crippen molar-refractivity contribution < 1.29 is 19.3 Å². The highest BCUT2D eigenvalue weighted by Crippen LogP contribution is 2.26. The Kier molecular flexibility index (Phi) is 6.33. The molecule has 0 bridgehead atoms. The summed E-state index contributed by atoms with van der Waals surface area (Å²) in [7, 11) is 0.510. The Labute approximate surface area is 141 Å². The van der Waals surface area contributed by atoms with Crippen LogP contribution >= 0.6 is 0 Å². The molecular weight excluding hydrogens is 293 g/mol. The van der Waals surface area contributed by atoms with Crippen molar-refractivity contribution in [2.24, 2.45) is 0 Å². The molecule has 0 heterocycles. The minimum atomic E-state index is -0.900. The summed E-state index contributed by atoms with van der Waals surface area (Å²) in [5.74, 6) is 0. The highest BCUT2D eigenvalue weighted by Gasteiger charge is 2.36. The maximum absolute atomic E-state index is 11.8. The average molecular weight is 325 g/mol. The van der Waals surface area contributed by atoms with E-state index in [1.54, 1.807) is 13.8 Å². The fourth-order valence-electron chi connectivity index (χ4n) is 2.07. The van der Waals surface area contributed by atoms with Crippen LogP contribution in [0.4, 0.5) is 4.79 Å². The molecule has 0 saturated carbocycles. The van der Waals surface area contributed by atoms with Crippen LogP contribution in [-0.4, -0.2) is 41.5 Å². The van der Waals surface area contributed by atoms with E-state index in [-0.39, 0.29) is 12.1 Å². The number of nitrogens with one attached hydrogen (secondary N) is 1. The van der Waals surface area contributed by atoms with Crippen LogP contribution in [0, 0.1) is 0 Å². The van der Waals surface area contributed by atoms with Crippen molar-refractivity contribution in [1.29, 1.82) is 0 Å². The van der Waals surface area contributed by atoms with Gasteiger partial charge in [-0.2, -0.15) is 0 Å². The summed E-state index contributed by atoms with van der Waals surface area (Å²) >= 11 is 0. The number of alkyl carbamates (subject to hydrolysis) is 1. The zero-order valence-corrected chi connectivity index (χ0v) is 15.7. The van der Waals surface area contributed by atoms with Crippen LogP contribution < -0.4 is 5.32 Å². The quantitative estimate of drug-likeness (QED) is 0.763. The molecule has 0 spiro atoms. The Balaban J connectivity index is 2.43. The summed E-state index contributed by atoms with van der Waals surface area (Å²) in [6.45, 7) is 12.9. The number of amides is 1. The second-order valence-electron chi connectivity index (χ2n) is 8.34. The molecule has 23 heavy (non-hydrogen) atoms. The van der Waals surface area contributed by atoms with Gasteiger partial charge in [-0.25, -0.2) is 4.79 Å². The van der Waals surface area contributed by atoms with Crippen LogP contribution in [0.5, 0.6) is 0 Å². The van der Waals surface area contributed by atoms with E-state index >= 15 is 0 Å². The second-order valence-corrected chi connectivity index (χ2v) is 8.34. The molecule has 0 aromatic heterocycles. The lowest BCUT2D eigenvalue weighted by Gasteiger charge is -2.38. The number of aliphatic hydroxyl groups is 1. The molecule has 2 N–H and O–H groups in total. The molecule has 132 valence electrons. The molecule has 1 unspecified atom stereocenters. The van der Waals surface area contributed by atoms with Gasteiger partial charge >= 0.3 is 13.6 Å². The van der Waals surface area contributed by atoms with Crippen LogP contribution in [0.15, 0.2) is 11.5 Å². The van der Waals surface area contributed by atoms with Gasteiger partial charge in [-0.15, -0.1) is 0 Å². The maximum atomic E-state index is 11.8. The summed E-state index contributed by atoms with van der Waals surface area (Å²) in [5.41, 5.74) is -0.775. The fraction of sp³-hybridized carbons (Fsp3) is 0.824. The number of allylic oxidation sites excluding steroid dienone is 1. The van der Waals surface area contributed by atoms with Crippen molar-refractivity contribution in [3.63, 3.8) is 0 Å². The zero-order chi connectivity index (χ0) is 17.9. The smallest absolute Gasteiger partial charge is 0.407 e. The van der Waals surface area contributed by atoms with Crippen molar-refractivity contribution >= 4 is 13.6 Å². The predicted molar refractivity (Wildman–Crippen MR) is 93.7 cm³/mol. The number of carbonyl (C=O) groups is 1. The lowest BCUT2D eigenvalue weighted by molar-refractivity contribution is -0.0897. The number of hydrogen-bond donors (Lipinski definition) is 2. The molecule has 0 aromatic rings. The van der Waals surface area contributed by atoms with E-state index in [2.05, 4.69) is 11.4 Å². The SMILES string of the molecule is CC(C)(C)OC(=O)NC1CC=C(BOC(C)(C)C(C)(C)O)CC1. The summed E-state index contributed by atoms with van der Waals surface area (Å²) in [4.78, 5) is 11.8. The first kappa shape index (κ1) is 20.0. The molecule has 1 aliphatic rings. The predicted octanol–water partition coefficient (Wildman–Crippen LogP) is 2.87. The first-order valence-electron chi connectivity index (χ1n) is 8.34. The zero-order valence-electron chi connectivity index (χ0n) is 15.7. The van der Waals surface area contributed by atoms with Crippen molar-refractivity contribution in [1.82, 2.24) is 5.32 Å². The minimum Gasteiger partial charge on any atom is -0.444 e. The second kappa shape index (κ2) is 7.26. The molecule has 0 fully saturated rings. The summed E-state index contributed by atoms with van der Waals surface area (Å²) in [5, 5.41) is 13.0. The van der Waals surface area contributed by atoms with Gasteiger partial charge in [0.1, 0.15) is 5.60 Å². The van der Waals surface area contributed by atoms with Crippen LogP contribution in [0.2, 0.25) is 0 Å². The van der Waals surface area contributed by atoms with Crippen LogP contribution in [0.1, 0.15) is 67.7 Å². The molecule has 1 amide bonds. The van der Waals surface area contributed by atoms with Crippen LogP contribution in [0.3, 0.4) is 0 Å². The molecule has 6 heteroatoms. The van der Waals surface area contributed by atoms with Gasteiger partial charge in [0.25, 0.3) is 0 Å². The van der Waals surface area contributed by atoms with Crippen molar-refractivity contribution in [3.8, 4) is 0 Å². The summed E-state index contributed by atoms with van der Waals surface area (Å²) in [6.07, 6.45) is 4.28. The van der Waals surface area contributed by atoms with Gasteiger partial charge in [0.2, 0.25) is 0 Å². The standard InChI is InChI=1S/C17H32BNO4/c1-15(2,3)22-14(20)19-13-10-8-12(9-11-13)18-23-17(6,7)16(4,5)21/h8,13,18,21H,9-11H2,1-7H3,(H,19,20). The maximum Gasteiger partial charge on any atom is 0.407 e. The van der Waals surface area contributed by atoms with Gasteiger partial charge in [0.15, 0.2) is 0 Å². The third kappa shape index (κ3) is 6.96. The fourth-order valence-corrected chi connectivity index (χ4v) is 2.07. The molecular formula is C17H32BNO4. The van der Waals surface area contributed by atoms with Gasteiger partial charge < -0.3 is 19.8 Å². The molecule has 5 nitrogen and oxygen atoms in total. The first-order valence-corrected chi connectivity index (χ1v) is 8.34. The number of ether oxygens (including phenoxy) is 1. The topological polar surface area (TPSA) is 67.8 Å². The Bertz CT molecular complexity index is 446. The van der Waals surface area contributed by atoms with Gasteiger partial charge in [-0.1, -0.05) is 11.5 Å². The van der Waals surface area contributed by atoms with E-state index in [9.17, 15) is 9.90 Å². The number of carbonyl (C=O) groups excluding carboxylic acids is 1. The first-order chi connectivity index (χ1) is 10.3. The third-order valence-corrected chi connectivity index (χ3v) is 4.32. The average Bonchev–Trinajstić information content (AvgIpc) is 2.34. The van der Waals surface area contributed by atoms with Crippen molar-refractivity contribution in [3.05, 3.63) is 11.5 Å². The summed E-state index contributed by atoms with van der Waals surface area (Å²) in [6, 6.07) is 0.107. The molecule has 1 rings (SSSR count). The summed E-state index contributed by atoms with van der Waals surface area (Å²) < 4.78 is 11.2. The molecule has 0 radical (unpaired) electrons. The highest BCUT2D eigenvalue weighted by atomic mass is 16.6. The van der Waals surface area contributed by atoms with Crippen molar-refractivity contribution in [2.45, 2.75) is 90.6 Å². The monoisotopic (exact) mass is 325 g/mol. The molecule has 1 aliphatic carbocycles. The Hall–Kier alpha value is -1.01. The highest BCUT2D eigenvalue weighted by molar-refractivity contribution is 6.38. The van der Waals surface area contributed by atoms with E-state index in [0.29, 0.717) is 7.48 Å². The van der Waals surface area contributed by atoms with Crippen LogP contribution in [0.25, 0.3) is 0 Å². The Morgan fingerprint density at radius 2 is 1.87 bits per heavy atom. The third-order valence-electron chi connectivity index (χ3n) is 4.32. The van der Waals surface area contributed by atoms with E-state index in [4.69, 9.17) is 9.39 Å². The normalized spacial score (nSPS) is 19.8. The lowest BCUT2D eigenvalue weighted by atomic mass is 9.76. The van der Waals surface area contributed by atoms with Gasteiger partial charge in [0, 0.05) is 6.04 Å².